The van der Waals surface area contributed by atoms with E-state index in [2.05, 4.69) is 10.3 Å². The van der Waals surface area contributed by atoms with Crippen molar-refractivity contribution in [2.75, 3.05) is 13.1 Å². The van der Waals surface area contributed by atoms with Gasteiger partial charge in [-0.3, -0.25) is 4.98 Å². The lowest BCUT2D eigenvalue weighted by Crippen LogP contribution is -2.41. The topological polar surface area (TPSA) is 50.9 Å². The van der Waals surface area contributed by atoms with Crippen LogP contribution >= 0.6 is 11.3 Å². The molecule has 0 spiro atoms. The second-order valence-electron chi connectivity index (χ2n) is 4.84. The van der Waals surface area contributed by atoms with Gasteiger partial charge in [-0.25, -0.2) is 0 Å². The van der Waals surface area contributed by atoms with Crippen molar-refractivity contribution < 1.29 is 0 Å². The zero-order chi connectivity index (χ0) is 11.3. The second kappa shape index (κ2) is 5.75. The van der Waals surface area contributed by atoms with Crippen LogP contribution in [0, 0.1) is 5.41 Å². The minimum absolute atomic E-state index is 0.364. The number of nitrogens with two attached hydrogens (primary N) is 1. The van der Waals surface area contributed by atoms with Crippen LogP contribution in [0.25, 0.3) is 0 Å². The van der Waals surface area contributed by atoms with E-state index in [4.69, 9.17) is 5.73 Å². The first-order valence-corrected chi connectivity index (χ1v) is 7.01. The average Bonchev–Trinajstić information content (AvgIpc) is 2.83. The molecule has 1 aliphatic rings. The Labute approximate surface area is 101 Å². The molecule has 3 N–H and O–H groups in total. The zero-order valence-corrected chi connectivity index (χ0v) is 10.6. The Kier molecular flexibility index (Phi) is 4.32. The van der Waals surface area contributed by atoms with Gasteiger partial charge >= 0.3 is 0 Å². The molecule has 0 bridgehead atoms. The number of hydrogen-bond donors (Lipinski definition) is 2. The maximum absolute atomic E-state index is 5.95. The van der Waals surface area contributed by atoms with Crippen molar-refractivity contribution in [1.82, 2.24) is 10.3 Å². The van der Waals surface area contributed by atoms with Crippen molar-refractivity contribution in [1.29, 1.82) is 0 Å². The normalized spacial score (nSPS) is 19.8. The summed E-state index contributed by atoms with van der Waals surface area (Å²) in [6, 6.07) is 0. The molecule has 1 saturated carbocycles. The molecule has 0 saturated heterocycles. The summed E-state index contributed by atoms with van der Waals surface area (Å²) < 4.78 is 0. The molecule has 1 heterocycles. The maximum Gasteiger partial charge on any atom is 0.0794 e. The zero-order valence-electron chi connectivity index (χ0n) is 9.74. The molecule has 0 aromatic carbocycles. The summed E-state index contributed by atoms with van der Waals surface area (Å²) >= 11 is 1.71. The largest absolute Gasteiger partial charge is 0.330 e. The molecule has 2 rings (SSSR count). The van der Waals surface area contributed by atoms with Gasteiger partial charge in [0, 0.05) is 24.2 Å². The highest BCUT2D eigenvalue weighted by Gasteiger charge is 2.29. The van der Waals surface area contributed by atoms with Gasteiger partial charge in [0.2, 0.25) is 0 Å². The summed E-state index contributed by atoms with van der Waals surface area (Å²) in [5.41, 5.74) is 8.20. The van der Waals surface area contributed by atoms with Crippen molar-refractivity contribution >= 4 is 11.3 Å². The number of thiazole rings is 1. The fourth-order valence-corrected chi connectivity index (χ4v) is 3.10. The number of aromatic nitrogens is 1. The second-order valence-corrected chi connectivity index (χ2v) is 5.81. The van der Waals surface area contributed by atoms with Crippen LogP contribution in [0.2, 0.25) is 0 Å². The Morgan fingerprint density at radius 1 is 1.38 bits per heavy atom. The number of nitrogens with zero attached hydrogens (tertiary/aromatic N) is 1. The van der Waals surface area contributed by atoms with Gasteiger partial charge < -0.3 is 11.1 Å². The Bertz CT molecular complexity index is 291. The third-order valence-corrected chi connectivity index (χ3v) is 4.41. The van der Waals surface area contributed by atoms with Crippen LogP contribution in [0.1, 0.15) is 37.0 Å². The molecule has 0 aliphatic heterocycles. The van der Waals surface area contributed by atoms with Crippen LogP contribution in [0.3, 0.4) is 0 Å². The molecule has 1 aliphatic carbocycles. The van der Waals surface area contributed by atoms with Crippen molar-refractivity contribution in [2.24, 2.45) is 11.1 Å². The number of nitrogens with one attached hydrogen (secondary N) is 1. The van der Waals surface area contributed by atoms with Crippen LogP contribution in [0.4, 0.5) is 0 Å². The molecular weight excluding hydrogens is 218 g/mol. The number of rotatable bonds is 5. The fraction of sp³-hybridized carbons (Fsp3) is 0.750. The molecule has 90 valence electrons. The Hall–Kier alpha value is -0.450. The van der Waals surface area contributed by atoms with E-state index in [0.717, 1.165) is 19.6 Å². The summed E-state index contributed by atoms with van der Waals surface area (Å²) in [4.78, 5) is 5.39. The molecule has 16 heavy (non-hydrogen) atoms. The quantitative estimate of drug-likeness (QED) is 0.827. The van der Waals surface area contributed by atoms with E-state index >= 15 is 0 Å². The van der Waals surface area contributed by atoms with E-state index in [9.17, 15) is 0 Å². The van der Waals surface area contributed by atoms with Gasteiger partial charge in [0.15, 0.2) is 0 Å². The van der Waals surface area contributed by atoms with Crippen molar-refractivity contribution in [2.45, 2.75) is 38.6 Å². The lowest BCUT2D eigenvalue weighted by atomic mass is 9.74. The first-order valence-electron chi connectivity index (χ1n) is 6.13. The van der Waals surface area contributed by atoms with Crippen LogP contribution in [-0.4, -0.2) is 18.1 Å². The van der Waals surface area contributed by atoms with Gasteiger partial charge in [-0.2, -0.15) is 0 Å². The van der Waals surface area contributed by atoms with E-state index in [1.165, 1.54) is 37.0 Å². The Balaban J connectivity index is 1.78. The minimum Gasteiger partial charge on any atom is -0.330 e. The highest BCUT2D eigenvalue weighted by atomic mass is 32.1. The van der Waals surface area contributed by atoms with Gasteiger partial charge in [-0.1, -0.05) is 19.3 Å². The predicted octanol–water partition coefficient (Wildman–Crippen LogP) is 2.14. The average molecular weight is 239 g/mol. The lowest BCUT2D eigenvalue weighted by molar-refractivity contribution is 0.191. The first-order chi connectivity index (χ1) is 7.85. The standard InChI is InChI=1S/C12H21N3S/c13-8-12(4-2-1-3-5-12)9-14-6-11-7-15-10-16-11/h7,10,14H,1-6,8-9,13H2. The molecule has 1 aromatic heterocycles. The van der Waals surface area contributed by atoms with Crippen molar-refractivity contribution in [3.05, 3.63) is 16.6 Å². The SMILES string of the molecule is NCC1(CNCc2cncs2)CCCCC1. The van der Waals surface area contributed by atoms with E-state index in [0.29, 0.717) is 5.41 Å². The van der Waals surface area contributed by atoms with Gasteiger partial charge in [0.05, 0.1) is 5.51 Å². The summed E-state index contributed by atoms with van der Waals surface area (Å²) in [5, 5.41) is 3.54. The molecule has 1 fully saturated rings. The molecule has 4 heteroatoms. The first kappa shape index (κ1) is 12.0. The summed E-state index contributed by atoms with van der Waals surface area (Å²) in [6.45, 7) is 2.82. The minimum atomic E-state index is 0.364. The molecule has 0 amide bonds. The summed E-state index contributed by atoms with van der Waals surface area (Å²) in [7, 11) is 0. The molecule has 1 aromatic rings. The van der Waals surface area contributed by atoms with Crippen LogP contribution < -0.4 is 11.1 Å². The Morgan fingerprint density at radius 3 is 2.81 bits per heavy atom. The third kappa shape index (κ3) is 3.03. The summed E-state index contributed by atoms with van der Waals surface area (Å²) in [6.07, 6.45) is 8.60. The molecule has 3 nitrogen and oxygen atoms in total. The van der Waals surface area contributed by atoms with E-state index < -0.39 is 0 Å². The molecule has 0 radical (unpaired) electrons. The van der Waals surface area contributed by atoms with Crippen LogP contribution in [0.15, 0.2) is 11.7 Å². The fourth-order valence-electron chi connectivity index (χ4n) is 2.54. The monoisotopic (exact) mass is 239 g/mol. The van der Waals surface area contributed by atoms with Gasteiger partial charge in [-0.05, 0) is 24.8 Å². The van der Waals surface area contributed by atoms with Crippen molar-refractivity contribution in [3.8, 4) is 0 Å². The van der Waals surface area contributed by atoms with Gasteiger partial charge in [0.1, 0.15) is 0 Å². The number of hydrogen-bond acceptors (Lipinski definition) is 4. The maximum atomic E-state index is 5.95. The van der Waals surface area contributed by atoms with E-state index in [1.807, 2.05) is 11.7 Å². The van der Waals surface area contributed by atoms with E-state index in [-0.39, 0.29) is 0 Å². The van der Waals surface area contributed by atoms with Crippen LogP contribution in [-0.2, 0) is 6.54 Å². The van der Waals surface area contributed by atoms with E-state index in [1.54, 1.807) is 11.3 Å². The molecule has 0 unspecified atom stereocenters. The Morgan fingerprint density at radius 2 is 2.19 bits per heavy atom. The van der Waals surface area contributed by atoms with Gasteiger partial charge in [0.25, 0.3) is 0 Å². The van der Waals surface area contributed by atoms with Crippen molar-refractivity contribution in [3.63, 3.8) is 0 Å². The highest BCUT2D eigenvalue weighted by Crippen LogP contribution is 2.34. The van der Waals surface area contributed by atoms with Gasteiger partial charge in [-0.15, -0.1) is 11.3 Å². The molecule has 0 atom stereocenters. The van der Waals surface area contributed by atoms with Crippen LogP contribution in [0.5, 0.6) is 0 Å². The lowest BCUT2D eigenvalue weighted by Gasteiger charge is -2.36. The predicted molar refractivity (Wildman–Crippen MR) is 68.4 cm³/mol. The smallest absolute Gasteiger partial charge is 0.0794 e. The third-order valence-electron chi connectivity index (χ3n) is 3.63. The highest BCUT2D eigenvalue weighted by molar-refractivity contribution is 7.09. The molecular formula is C12H21N3S. The summed E-state index contributed by atoms with van der Waals surface area (Å²) in [5.74, 6) is 0.